The molecule has 0 aliphatic heterocycles. The number of ether oxygens (including phenoxy) is 1. The van der Waals surface area contributed by atoms with Crippen LogP contribution < -0.4 is 10.6 Å². The number of rotatable bonds is 10. The molecule has 2 N–H and O–H groups in total. The first kappa shape index (κ1) is 15.1. The van der Waals surface area contributed by atoms with E-state index in [4.69, 9.17) is 4.74 Å². The summed E-state index contributed by atoms with van der Waals surface area (Å²) < 4.78 is 4.98. The molecule has 0 aliphatic rings. The van der Waals surface area contributed by atoms with Gasteiger partial charge in [-0.1, -0.05) is 6.07 Å². The quantitative estimate of drug-likeness (QED) is 0.614. The average molecular weight is 251 g/mol. The van der Waals surface area contributed by atoms with Crippen molar-refractivity contribution in [2.24, 2.45) is 0 Å². The summed E-state index contributed by atoms with van der Waals surface area (Å²) in [7, 11) is 1.72. The summed E-state index contributed by atoms with van der Waals surface area (Å²) in [6.45, 7) is 5.89. The van der Waals surface area contributed by atoms with Crippen molar-refractivity contribution < 1.29 is 4.74 Å². The van der Waals surface area contributed by atoms with Gasteiger partial charge in [-0.05, 0) is 38.4 Å². The van der Waals surface area contributed by atoms with Gasteiger partial charge in [0.15, 0.2) is 0 Å². The van der Waals surface area contributed by atoms with Crippen LogP contribution in [0.5, 0.6) is 0 Å². The van der Waals surface area contributed by atoms with Crippen LogP contribution in [0.4, 0.5) is 0 Å². The molecule has 0 aromatic carbocycles. The number of nitrogens with zero attached hydrogens (tertiary/aromatic N) is 1. The highest BCUT2D eigenvalue weighted by molar-refractivity contribution is 5.03. The predicted molar refractivity (Wildman–Crippen MR) is 74.8 cm³/mol. The first-order valence-electron chi connectivity index (χ1n) is 6.66. The van der Waals surface area contributed by atoms with Crippen LogP contribution in [0, 0.1) is 0 Å². The lowest BCUT2D eigenvalue weighted by Gasteiger charge is -2.14. The van der Waals surface area contributed by atoms with E-state index in [1.807, 2.05) is 18.3 Å². The van der Waals surface area contributed by atoms with Gasteiger partial charge in [-0.3, -0.25) is 4.98 Å². The Labute approximate surface area is 110 Å². The van der Waals surface area contributed by atoms with Crippen molar-refractivity contribution in [3.63, 3.8) is 0 Å². The number of methoxy groups -OCH3 is 1. The number of hydrogen-bond donors (Lipinski definition) is 2. The molecule has 0 fully saturated rings. The van der Waals surface area contributed by atoms with Gasteiger partial charge in [0.05, 0.1) is 6.61 Å². The second-order valence-corrected chi connectivity index (χ2v) is 4.48. The van der Waals surface area contributed by atoms with Crippen LogP contribution in [0.15, 0.2) is 24.4 Å². The molecular weight excluding hydrogens is 226 g/mol. The molecule has 0 aliphatic carbocycles. The predicted octanol–water partition coefficient (Wildman–Crippen LogP) is 1.23. The highest BCUT2D eigenvalue weighted by atomic mass is 16.5. The second kappa shape index (κ2) is 10.00. The van der Waals surface area contributed by atoms with Gasteiger partial charge in [-0.25, -0.2) is 0 Å². The zero-order chi connectivity index (χ0) is 13.1. The van der Waals surface area contributed by atoms with Crippen LogP contribution >= 0.6 is 0 Å². The minimum Gasteiger partial charge on any atom is -0.383 e. The van der Waals surface area contributed by atoms with Crippen molar-refractivity contribution >= 4 is 0 Å². The molecule has 0 amide bonds. The molecule has 0 saturated carbocycles. The third-order valence-electron chi connectivity index (χ3n) is 2.76. The van der Waals surface area contributed by atoms with Gasteiger partial charge < -0.3 is 15.4 Å². The van der Waals surface area contributed by atoms with Crippen molar-refractivity contribution in [1.82, 2.24) is 15.6 Å². The Hall–Kier alpha value is -0.970. The van der Waals surface area contributed by atoms with Crippen LogP contribution in [0.1, 0.15) is 19.0 Å². The van der Waals surface area contributed by atoms with Crippen LogP contribution in [0.2, 0.25) is 0 Å². The fourth-order valence-corrected chi connectivity index (χ4v) is 1.73. The average Bonchev–Trinajstić information content (AvgIpc) is 2.41. The van der Waals surface area contributed by atoms with Crippen molar-refractivity contribution in [1.29, 1.82) is 0 Å². The summed E-state index contributed by atoms with van der Waals surface area (Å²) in [6, 6.07) is 6.56. The molecular formula is C14H25N3O. The third kappa shape index (κ3) is 7.37. The summed E-state index contributed by atoms with van der Waals surface area (Å²) in [5.41, 5.74) is 1.17. The molecule has 0 spiro atoms. The largest absolute Gasteiger partial charge is 0.383 e. The molecule has 1 heterocycles. The normalized spacial score (nSPS) is 12.6. The summed E-state index contributed by atoms with van der Waals surface area (Å²) in [5.74, 6) is 0. The van der Waals surface area contributed by atoms with Crippen molar-refractivity contribution in [2.45, 2.75) is 25.8 Å². The zero-order valence-electron chi connectivity index (χ0n) is 11.5. The number of aryl methyl sites for hydroxylation is 1. The maximum absolute atomic E-state index is 4.98. The monoisotopic (exact) mass is 251 g/mol. The minimum atomic E-state index is 0.491. The zero-order valence-corrected chi connectivity index (χ0v) is 11.5. The van der Waals surface area contributed by atoms with Gasteiger partial charge in [-0.15, -0.1) is 0 Å². The van der Waals surface area contributed by atoms with E-state index >= 15 is 0 Å². The van der Waals surface area contributed by atoms with E-state index in [1.54, 1.807) is 7.11 Å². The molecule has 102 valence electrons. The van der Waals surface area contributed by atoms with Crippen LogP contribution in [0.25, 0.3) is 0 Å². The Morgan fingerprint density at radius 1 is 1.33 bits per heavy atom. The van der Waals surface area contributed by atoms with E-state index < -0.39 is 0 Å². The first-order valence-corrected chi connectivity index (χ1v) is 6.66. The molecule has 1 rings (SSSR count). The highest BCUT2D eigenvalue weighted by Crippen LogP contribution is 1.97. The topological polar surface area (TPSA) is 46.2 Å². The molecule has 1 aromatic heterocycles. The SMILES string of the molecule is COCCNCC(C)NCCCc1ccccn1. The smallest absolute Gasteiger partial charge is 0.0587 e. The van der Waals surface area contributed by atoms with Gasteiger partial charge >= 0.3 is 0 Å². The van der Waals surface area contributed by atoms with Gasteiger partial charge in [0.2, 0.25) is 0 Å². The van der Waals surface area contributed by atoms with Gasteiger partial charge in [0.25, 0.3) is 0 Å². The highest BCUT2D eigenvalue weighted by Gasteiger charge is 2.00. The van der Waals surface area contributed by atoms with E-state index in [2.05, 4.69) is 28.6 Å². The van der Waals surface area contributed by atoms with Crippen LogP contribution in [-0.4, -0.2) is 44.4 Å². The van der Waals surface area contributed by atoms with Gasteiger partial charge in [0.1, 0.15) is 0 Å². The van der Waals surface area contributed by atoms with Crippen molar-refractivity contribution in [2.75, 3.05) is 33.4 Å². The molecule has 4 nitrogen and oxygen atoms in total. The number of hydrogen-bond acceptors (Lipinski definition) is 4. The fourth-order valence-electron chi connectivity index (χ4n) is 1.73. The van der Waals surface area contributed by atoms with E-state index in [0.29, 0.717) is 6.04 Å². The van der Waals surface area contributed by atoms with Crippen molar-refractivity contribution in [3.05, 3.63) is 30.1 Å². The third-order valence-corrected chi connectivity index (χ3v) is 2.76. The molecule has 4 heteroatoms. The summed E-state index contributed by atoms with van der Waals surface area (Å²) in [4.78, 5) is 4.31. The summed E-state index contributed by atoms with van der Waals surface area (Å²) >= 11 is 0. The van der Waals surface area contributed by atoms with Gasteiger partial charge in [0, 0.05) is 38.1 Å². The van der Waals surface area contributed by atoms with Crippen molar-refractivity contribution in [3.8, 4) is 0 Å². The maximum atomic E-state index is 4.98. The lowest BCUT2D eigenvalue weighted by Crippen LogP contribution is -2.38. The fraction of sp³-hybridized carbons (Fsp3) is 0.643. The Morgan fingerprint density at radius 2 is 2.22 bits per heavy atom. The second-order valence-electron chi connectivity index (χ2n) is 4.48. The van der Waals surface area contributed by atoms with E-state index in [-0.39, 0.29) is 0 Å². The molecule has 18 heavy (non-hydrogen) atoms. The summed E-state index contributed by atoms with van der Waals surface area (Å²) in [5, 5.41) is 6.84. The van der Waals surface area contributed by atoms with Gasteiger partial charge in [-0.2, -0.15) is 0 Å². The Bertz CT molecular complexity index is 292. The Balaban J connectivity index is 1.97. The Kier molecular flexibility index (Phi) is 8.38. The Morgan fingerprint density at radius 3 is 2.94 bits per heavy atom. The molecule has 1 aromatic rings. The van der Waals surface area contributed by atoms with E-state index in [9.17, 15) is 0 Å². The number of nitrogens with one attached hydrogen (secondary N) is 2. The maximum Gasteiger partial charge on any atom is 0.0587 e. The van der Waals surface area contributed by atoms with E-state index in [1.165, 1.54) is 5.69 Å². The lowest BCUT2D eigenvalue weighted by molar-refractivity contribution is 0.198. The molecule has 0 saturated heterocycles. The van der Waals surface area contributed by atoms with Crippen LogP contribution in [0.3, 0.4) is 0 Å². The minimum absolute atomic E-state index is 0.491. The molecule has 1 unspecified atom stereocenters. The lowest BCUT2D eigenvalue weighted by atomic mass is 10.2. The number of pyridine rings is 1. The summed E-state index contributed by atoms with van der Waals surface area (Å²) in [6.07, 6.45) is 4.02. The number of aromatic nitrogens is 1. The molecule has 0 bridgehead atoms. The molecule has 1 atom stereocenters. The standard InChI is InChI=1S/C14H25N3O/c1-13(12-15-10-11-18-2)16-9-5-7-14-6-3-4-8-17-14/h3-4,6,8,13,15-16H,5,7,9-12H2,1-2H3. The van der Waals surface area contributed by atoms with E-state index in [0.717, 1.165) is 39.1 Å². The first-order chi connectivity index (χ1) is 8.83. The van der Waals surface area contributed by atoms with Crippen LogP contribution in [-0.2, 0) is 11.2 Å². The molecule has 0 radical (unpaired) electrons.